The molecule has 3 heteroatoms. The fraction of sp³-hybridized carbons (Fsp3) is 1.00. The molecule has 19 heavy (non-hydrogen) atoms. The first-order valence-electron chi connectivity index (χ1n) is 7.84. The molecule has 0 saturated heterocycles. The average Bonchev–Trinajstić information content (AvgIpc) is 2.26. The maximum absolute atomic E-state index is 3.73. The Labute approximate surface area is 121 Å². The summed E-state index contributed by atoms with van der Waals surface area (Å²) in [5.74, 6) is 0. The summed E-state index contributed by atoms with van der Waals surface area (Å²) in [7, 11) is 4.31. The zero-order valence-electron chi connectivity index (χ0n) is 14.6. The third-order valence-corrected chi connectivity index (χ3v) is 3.76. The molecule has 0 aromatic heterocycles. The van der Waals surface area contributed by atoms with Gasteiger partial charge in [0.05, 0.1) is 0 Å². The Morgan fingerprint density at radius 2 is 1.63 bits per heavy atom. The van der Waals surface area contributed by atoms with Gasteiger partial charge in [-0.05, 0) is 45.9 Å². The highest BCUT2D eigenvalue weighted by atomic mass is 15.2. The van der Waals surface area contributed by atoms with Gasteiger partial charge < -0.3 is 10.2 Å². The van der Waals surface area contributed by atoms with Crippen molar-refractivity contribution in [1.29, 1.82) is 0 Å². The highest BCUT2D eigenvalue weighted by Gasteiger charge is 2.27. The Kier molecular flexibility index (Phi) is 8.88. The molecule has 1 N–H and O–H groups in total. The van der Waals surface area contributed by atoms with Crippen molar-refractivity contribution in [2.24, 2.45) is 5.41 Å². The Morgan fingerprint density at radius 1 is 1.05 bits per heavy atom. The lowest BCUT2D eigenvalue weighted by molar-refractivity contribution is 0.129. The molecule has 0 spiro atoms. The third-order valence-electron chi connectivity index (χ3n) is 3.76. The number of nitrogens with one attached hydrogen (secondary N) is 1. The van der Waals surface area contributed by atoms with E-state index < -0.39 is 0 Å². The highest BCUT2D eigenvalue weighted by Crippen LogP contribution is 2.21. The maximum Gasteiger partial charge on any atom is 0.0243 e. The van der Waals surface area contributed by atoms with Gasteiger partial charge in [0.25, 0.3) is 0 Å². The fourth-order valence-corrected chi connectivity index (χ4v) is 2.46. The quantitative estimate of drug-likeness (QED) is 0.695. The minimum absolute atomic E-state index is 0.306. The molecule has 0 bridgehead atoms. The molecule has 2 atom stereocenters. The van der Waals surface area contributed by atoms with Gasteiger partial charge in [0.15, 0.2) is 0 Å². The SMILES string of the molecule is CCCNC(CN(CC)C(C)CN(C)C)C(C)(C)C. The zero-order chi connectivity index (χ0) is 15.1. The molecule has 3 nitrogen and oxygen atoms in total. The smallest absolute Gasteiger partial charge is 0.0243 e. The number of hydrogen-bond donors (Lipinski definition) is 1. The summed E-state index contributed by atoms with van der Waals surface area (Å²) in [6.45, 7) is 18.3. The van der Waals surface area contributed by atoms with Crippen LogP contribution in [0.4, 0.5) is 0 Å². The van der Waals surface area contributed by atoms with Gasteiger partial charge in [-0.2, -0.15) is 0 Å². The second-order valence-corrected chi connectivity index (χ2v) is 7.07. The topological polar surface area (TPSA) is 18.5 Å². The van der Waals surface area contributed by atoms with Crippen molar-refractivity contribution in [3.05, 3.63) is 0 Å². The second-order valence-electron chi connectivity index (χ2n) is 7.07. The largest absolute Gasteiger partial charge is 0.312 e. The molecule has 0 fully saturated rings. The number of hydrogen-bond acceptors (Lipinski definition) is 3. The van der Waals surface area contributed by atoms with Crippen LogP contribution in [-0.2, 0) is 0 Å². The maximum atomic E-state index is 3.73. The third kappa shape index (κ3) is 7.91. The van der Waals surface area contributed by atoms with E-state index in [1.165, 1.54) is 6.42 Å². The number of nitrogens with zero attached hydrogens (tertiary/aromatic N) is 2. The van der Waals surface area contributed by atoms with Crippen molar-refractivity contribution in [2.45, 2.75) is 60.0 Å². The normalized spacial score (nSPS) is 16.1. The van der Waals surface area contributed by atoms with Gasteiger partial charge in [-0.3, -0.25) is 4.90 Å². The van der Waals surface area contributed by atoms with Crippen LogP contribution in [0.15, 0.2) is 0 Å². The van der Waals surface area contributed by atoms with E-state index in [0.29, 0.717) is 17.5 Å². The van der Waals surface area contributed by atoms with Gasteiger partial charge in [-0.1, -0.05) is 34.6 Å². The standard InChI is InChI=1S/C16H37N3/c1-9-11-17-15(16(4,5)6)13-19(10-2)14(3)12-18(7)8/h14-15,17H,9-13H2,1-8H3. The monoisotopic (exact) mass is 271 g/mol. The first-order valence-corrected chi connectivity index (χ1v) is 7.84. The van der Waals surface area contributed by atoms with Gasteiger partial charge in [0, 0.05) is 25.2 Å². The summed E-state index contributed by atoms with van der Waals surface area (Å²) in [6, 6.07) is 1.16. The van der Waals surface area contributed by atoms with Crippen LogP contribution in [0, 0.1) is 5.41 Å². The molecule has 0 aromatic carbocycles. The fourth-order valence-electron chi connectivity index (χ4n) is 2.46. The molecule has 0 aliphatic rings. The predicted octanol–water partition coefficient (Wildman–Crippen LogP) is 2.67. The summed E-state index contributed by atoms with van der Waals surface area (Å²) in [5.41, 5.74) is 0.306. The van der Waals surface area contributed by atoms with E-state index in [-0.39, 0.29) is 0 Å². The van der Waals surface area contributed by atoms with Crippen molar-refractivity contribution < 1.29 is 0 Å². The Hall–Kier alpha value is -0.120. The molecule has 0 rings (SSSR count). The van der Waals surface area contributed by atoms with Crippen LogP contribution in [-0.4, -0.2) is 62.2 Å². The predicted molar refractivity (Wildman–Crippen MR) is 86.8 cm³/mol. The Morgan fingerprint density at radius 3 is 2.00 bits per heavy atom. The van der Waals surface area contributed by atoms with Crippen LogP contribution in [0.25, 0.3) is 0 Å². The minimum atomic E-state index is 0.306. The number of likely N-dealkylation sites (N-methyl/N-ethyl adjacent to an activating group) is 2. The highest BCUT2D eigenvalue weighted by molar-refractivity contribution is 4.85. The van der Waals surface area contributed by atoms with Crippen LogP contribution in [0.3, 0.4) is 0 Å². The lowest BCUT2D eigenvalue weighted by atomic mass is 9.86. The summed E-state index contributed by atoms with van der Waals surface area (Å²) in [5, 5.41) is 3.73. The molecule has 0 aliphatic heterocycles. The van der Waals surface area contributed by atoms with E-state index in [1.807, 2.05) is 0 Å². The molecule has 116 valence electrons. The van der Waals surface area contributed by atoms with Crippen LogP contribution in [0.5, 0.6) is 0 Å². The van der Waals surface area contributed by atoms with E-state index in [1.54, 1.807) is 0 Å². The molecule has 0 amide bonds. The molecule has 0 heterocycles. The Balaban J connectivity index is 4.59. The van der Waals surface area contributed by atoms with E-state index in [4.69, 9.17) is 0 Å². The number of rotatable bonds is 9. The van der Waals surface area contributed by atoms with Crippen LogP contribution >= 0.6 is 0 Å². The molecule has 2 unspecified atom stereocenters. The van der Waals surface area contributed by atoms with Crippen molar-refractivity contribution in [1.82, 2.24) is 15.1 Å². The summed E-state index contributed by atoms with van der Waals surface area (Å²) in [4.78, 5) is 4.87. The molecule has 0 aromatic rings. The van der Waals surface area contributed by atoms with Crippen LogP contribution in [0.2, 0.25) is 0 Å². The summed E-state index contributed by atoms with van der Waals surface area (Å²) < 4.78 is 0. The molecular weight excluding hydrogens is 234 g/mol. The van der Waals surface area contributed by atoms with Crippen LogP contribution < -0.4 is 5.32 Å². The molecule has 0 radical (unpaired) electrons. The second kappa shape index (κ2) is 8.93. The van der Waals surface area contributed by atoms with Gasteiger partial charge in [-0.15, -0.1) is 0 Å². The Bertz CT molecular complexity index is 221. The summed E-state index contributed by atoms with van der Waals surface area (Å²) >= 11 is 0. The summed E-state index contributed by atoms with van der Waals surface area (Å²) in [6.07, 6.45) is 1.20. The van der Waals surface area contributed by atoms with Gasteiger partial charge >= 0.3 is 0 Å². The zero-order valence-corrected chi connectivity index (χ0v) is 14.6. The van der Waals surface area contributed by atoms with Gasteiger partial charge in [0.1, 0.15) is 0 Å². The molecule has 0 saturated carbocycles. The van der Waals surface area contributed by atoms with E-state index in [0.717, 1.165) is 26.2 Å². The molecule has 0 aliphatic carbocycles. The molecular formula is C16H37N3. The van der Waals surface area contributed by atoms with E-state index >= 15 is 0 Å². The van der Waals surface area contributed by atoms with Crippen molar-refractivity contribution in [2.75, 3.05) is 40.3 Å². The average molecular weight is 271 g/mol. The van der Waals surface area contributed by atoms with Crippen molar-refractivity contribution in [3.8, 4) is 0 Å². The van der Waals surface area contributed by atoms with E-state index in [9.17, 15) is 0 Å². The lowest BCUT2D eigenvalue weighted by Gasteiger charge is -2.39. The van der Waals surface area contributed by atoms with Crippen LogP contribution in [0.1, 0.15) is 48.0 Å². The lowest BCUT2D eigenvalue weighted by Crippen LogP contribution is -2.52. The van der Waals surface area contributed by atoms with E-state index in [2.05, 4.69) is 70.8 Å². The first-order chi connectivity index (χ1) is 8.72. The van der Waals surface area contributed by atoms with Gasteiger partial charge in [0.2, 0.25) is 0 Å². The van der Waals surface area contributed by atoms with Crippen molar-refractivity contribution >= 4 is 0 Å². The minimum Gasteiger partial charge on any atom is -0.312 e. The van der Waals surface area contributed by atoms with Gasteiger partial charge in [-0.25, -0.2) is 0 Å². The first kappa shape index (κ1) is 18.9. The van der Waals surface area contributed by atoms with Crippen molar-refractivity contribution in [3.63, 3.8) is 0 Å².